The minimum absolute atomic E-state index is 0.292. The van der Waals surface area contributed by atoms with Gasteiger partial charge in [-0.3, -0.25) is 9.78 Å². The number of alkyl halides is 3. The number of halogens is 3. The van der Waals surface area contributed by atoms with Crippen LogP contribution >= 0.6 is 0 Å². The van der Waals surface area contributed by atoms with E-state index in [1.165, 1.54) is 29.5 Å². The third-order valence-corrected chi connectivity index (χ3v) is 4.95. The van der Waals surface area contributed by atoms with Crippen LogP contribution < -0.4 is 10.2 Å². The molecular formula is C22H18F3N3O. The molecule has 2 aromatic carbocycles. The molecule has 0 spiro atoms. The highest BCUT2D eigenvalue weighted by molar-refractivity contribution is 6.04. The maximum Gasteiger partial charge on any atom is 0.416 e. The van der Waals surface area contributed by atoms with E-state index in [2.05, 4.69) is 27.3 Å². The fraction of sp³-hybridized carbons (Fsp3) is 0.182. The molecule has 4 rings (SSSR count). The van der Waals surface area contributed by atoms with Gasteiger partial charge >= 0.3 is 6.18 Å². The average molecular weight is 397 g/mol. The van der Waals surface area contributed by atoms with Crippen molar-refractivity contribution in [2.24, 2.45) is 0 Å². The summed E-state index contributed by atoms with van der Waals surface area (Å²) >= 11 is 0. The van der Waals surface area contributed by atoms with Crippen LogP contribution in [0, 0.1) is 0 Å². The van der Waals surface area contributed by atoms with E-state index in [9.17, 15) is 18.0 Å². The molecule has 1 amide bonds. The molecule has 148 valence electrons. The lowest BCUT2D eigenvalue weighted by Crippen LogP contribution is -2.30. The second kappa shape index (κ2) is 7.58. The Morgan fingerprint density at radius 2 is 1.72 bits per heavy atom. The summed E-state index contributed by atoms with van der Waals surface area (Å²) in [4.78, 5) is 18.9. The Labute approximate surface area is 166 Å². The normalized spacial score (nSPS) is 13.7. The first kappa shape index (κ1) is 19.0. The number of anilines is 2. The number of nitrogens with one attached hydrogen (secondary N) is 1. The maximum absolute atomic E-state index is 12.7. The van der Waals surface area contributed by atoms with Gasteiger partial charge in [0.15, 0.2) is 0 Å². The monoisotopic (exact) mass is 397 g/mol. The highest BCUT2D eigenvalue weighted by Crippen LogP contribution is 2.30. The fourth-order valence-corrected chi connectivity index (χ4v) is 3.39. The van der Waals surface area contributed by atoms with E-state index >= 15 is 0 Å². The van der Waals surface area contributed by atoms with Gasteiger partial charge in [0.2, 0.25) is 0 Å². The van der Waals surface area contributed by atoms with Gasteiger partial charge < -0.3 is 10.2 Å². The molecule has 0 radical (unpaired) electrons. The quantitative estimate of drug-likeness (QED) is 0.683. The first-order valence-electron chi connectivity index (χ1n) is 9.15. The molecular weight excluding hydrogens is 379 g/mol. The number of benzene rings is 2. The van der Waals surface area contributed by atoms with Crippen molar-refractivity contribution in [3.63, 3.8) is 0 Å². The molecule has 29 heavy (non-hydrogen) atoms. The van der Waals surface area contributed by atoms with E-state index in [0.717, 1.165) is 37.3 Å². The van der Waals surface area contributed by atoms with Crippen LogP contribution in [0.25, 0.3) is 0 Å². The largest absolute Gasteiger partial charge is 0.416 e. The van der Waals surface area contributed by atoms with Gasteiger partial charge in [0.05, 0.1) is 23.0 Å². The highest BCUT2D eigenvalue weighted by atomic mass is 19.4. The molecule has 0 atom stereocenters. The molecule has 0 bridgehead atoms. The van der Waals surface area contributed by atoms with Gasteiger partial charge in [0.1, 0.15) is 0 Å². The fourth-order valence-electron chi connectivity index (χ4n) is 3.39. The van der Waals surface area contributed by atoms with Crippen LogP contribution in [0.5, 0.6) is 0 Å². The van der Waals surface area contributed by atoms with Gasteiger partial charge in [-0.2, -0.15) is 13.2 Å². The Hall–Kier alpha value is -3.35. The molecule has 0 saturated carbocycles. The van der Waals surface area contributed by atoms with E-state index < -0.39 is 17.6 Å². The van der Waals surface area contributed by atoms with Crippen molar-refractivity contribution in [2.45, 2.75) is 19.1 Å². The first-order chi connectivity index (χ1) is 13.9. The number of hydrogen-bond donors (Lipinski definition) is 1. The lowest BCUT2D eigenvalue weighted by molar-refractivity contribution is -0.137. The topological polar surface area (TPSA) is 45.2 Å². The van der Waals surface area contributed by atoms with E-state index in [1.54, 1.807) is 12.3 Å². The number of carbonyl (C=O) groups is 1. The van der Waals surface area contributed by atoms with Crippen molar-refractivity contribution >= 4 is 17.3 Å². The number of amides is 1. The Balaban J connectivity index is 1.48. The molecule has 1 N–H and O–H groups in total. The number of carbonyl (C=O) groups excluding carboxylic acids is 1. The van der Waals surface area contributed by atoms with Crippen molar-refractivity contribution in [1.29, 1.82) is 0 Å². The van der Waals surface area contributed by atoms with Crippen molar-refractivity contribution in [1.82, 2.24) is 4.98 Å². The molecule has 0 aliphatic carbocycles. The van der Waals surface area contributed by atoms with Gasteiger partial charge in [-0.05, 0) is 47.9 Å². The molecule has 1 aliphatic heterocycles. The minimum Gasteiger partial charge on any atom is -0.366 e. The summed E-state index contributed by atoms with van der Waals surface area (Å²) in [5.74, 6) is -0.420. The number of pyridine rings is 1. The standard InChI is InChI=1S/C22H18F3N3O/c23-22(24,25)18-5-7-19(8-6-18)27-21(29)17-11-20(13-26-12-17)28-10-9-15-3-1-2-4-16(15)14-28/h1-8,11-13H,9-10,14H2,(H,27,29). The van der Waals surface area contributed by atoms with Crippen molar-refractivity contribution < 1.29 is 18.0 Å². The van der Waals surface area contributed by atoms with Crippen LogP contribution in [0.15, 0.2) is 67.0 Å². The van der Waals surface area contributed by atoms with E-state index in [-0.39, 0.29) is 0 Å². The third kappa shape index (κ3) is 4.23. The Kier molecular flexibility index (Phi) is 4.96. The number of hydrogen-bond acceptors (Lipinski definition) is 3. The van der Waals surface area contributed by atoms with Crippen molar-refractivity contribution in [3.05, 3.63) is 89.2 Å². The SMILES string of the molecule is O=C(Nc1ccc(C(F)(F)F)cc1)c1cncc(N2CCc3ccccc3C2)c1. The zero-order valence-corrected chi connectivity index (χ0v) is 15.4. The molecule has 1 aliphatic rings. The lowest BCUT2D eigenvalue weighted by Gasteiger charge is -2.30. The third-order valence-electron chi connectivity index (χ3n) is 4.95. The van der Waals surface area contributed by atoms with Gasteiger partial charge in [0, 0.05) is 25.0 Å². The molecule has 0 unspecified atom stereocenters. The van der Waals surface area contributed by atoms with Gasteiger partial charge in [-0.25, -0.2) is 0 Å². The highest BCUT2D eigenvalue weighted by Gasteiger charge is 2.30. The lowest BCUT2D eigenvalue weighted by atomic mass is 9.99. The van der Waals surface area contributed by atoms with Gasteiger partial charge in [-0.15, -0.1) is 0 Å². The van der Waals surface area contributed by atoms with E-state index in [1.807, 2.05) is 12.1 Å². The van der Waals surface area contributed by atoms with E-state index in [4.69, 9.17) is 0 Å². The second-order valence-corrected chi connectivity index (χ2v) is 6.90. The van der Waals surface area contributed by atoms with Crippen molar-refractivity contribution in [2.75, 3.05) is 16.8 Å². The van der Waals surface area contributed by atoms with Crippen LogP contribution in [0.4, 0.5) is 24.5 Å². The molecule has 0 fully saturated rings. The molecule has 0 saturated heterocycles. The molecule has 2 heterocycles. The maximum atomic E-state index is 12.7. The van der Waals surface area contributed by atoms with Crippen LogP contribution in [-0.2, 0) is 19.1 Å². The Morgan fingerprint density at radius 3 is 2.45 bits per heavy atom. The predicted octanol–water partition coefficient (Wildman–Crippen LogP) is 4.92. The average Bonchev–Trinajstić information content (AvgIpc) is 2.73. The minimum atomic E-state index is -4.41. The zero-order chi connectivity index (χ0) is 20.4. The Bertz CT molecular complexity index is 1030. The van der Waals surface area contributed by atoms with Gasteiger partial charge in [0.25, 0.3) is 5.91 Å². The zero-order valence-electron chi connectivity index (χ0n) is 15.4. The summed E-state index contributed by atoms with van der Waals surface area (Å²) in [5, 5.41) is 2.62. The Morgan fingerprint density at radius 1 is 1.00 bits per heavy atom. The van der Waals surface area contributed by atoms with Crippen LogP contribution in [0.2, 0.25) is 0 Å². The van der Waals surface area contributed by atoms with Crippen LogP contribution in [-0.4, -0.2) is 17.4 Å². The van der Waals surface area contributed by atoms with Gasteiger partial charge in [-0.1, -0.05) is 24.3 Å². The predicted molar refractivity (Wildman–Crippen MR) is 105 cm³/mol. The number of aromatic nitrogens is 1. The smallest absolute Gasteiger partial charge is 0.366 e. The summed E-state index contributed by atoms with van der Waals surface area (Å²) in [6.45, 7) is 1.56. The molecule has 3 aromatic rings. The molecule has 1 aromatic heterocycles. The molecule has 4 nitrogen and oxygen atoms in total. The second-order valence-electron chi connectivity index (χ2n) is 6.90. The number of fused-ring (bicyclic) bond motifs is 1. The van der Waals surface area contributed by atoms with Crippen LogP contribution in [0.1, 0.15) is 27.0 Å². The summed E-state index contributed by atoms with van der Waals surface area (Å²) < 4.78 is 38.0. The number of rotatable bonds is 3. The van der Waals surface area contributed by atoms with E-state index in [0.29, 0.717) is 11.3 Å². The number of nitrogens with zero attached hydrogens (tertiary/aromatic N) is 2. The summed E-state index contributed by atoms with van der Waals surface area (Å²) in [6, 6.07) is 14.4. The summed E-state index contributed by atoms with van der Waals surface area (Å²) in [6.07, 6.45) is -0.338. The summed E-state index contributed by atoms with van der Waals surface area (Å²) in [7, 11) is 0. The first-order valence-corrected chi connectivity index (χ1v) is 9.15. The summed E-state index contributed by atoms with van der Waals surface area (Å²) in [5.41, 5.74) is 3.29. The van der Waals surface area contributed by atoms with Crippen molar-refractivity contribution in [3.8, 4) is 0 Å². The van der Waals surface area contributed by atoms with Crippen LogP contribution in [0.3, 0.4) is 0 Å². The molecule has 7 heteroatoms.